The summed E-state index contributed by atoms with van der Waals surface area (Å²) < 4.78 is 0. The summed E-state index contributed by atoms with van der Waals surface area (Å²) in [5, 5.41) is 4.40. The van der Waals surface area contributed by atoms with Crippen LogP contribution in [0.5, 0.6) is 0 Å². The van der Waals surface area contributed by atoms with Gasteiger partial charge in [0.25, 0.3) is 5.91 Å². The first-order valence-corrected chi connectivity index (χ1v) is 7.43. The quantitative estimate of drug-likeness (QED) is 0.934. The molecule has 0 saturated heterocycles. The lowest BCUT2D eigenvalue weighted by Gasteiger charge is -1.98. The van der Waals surface area contributed by atoms with E-state index in [1.165, 1.54) is 27.6 Å². The van der Waals surface area contributed by atoms with Gasteiger partial charge in [-0.2, -0.15) is 0 Å². The van der Waals surface area contributed by atoms with E-state index in [1.54, 1.807) is 0 Å². The van der Waals surface area contributed by atoms with E-state index >= 15 is 0 Å². The average Bonchev–Trinajstić information content (AvgIpc) is 2.86. The summed E-state index contributed by atoms with van der Waals surface area (Å²) in [7, 11) is 0. The van der Waals surface area contributed by atoms with Crippen molar-refractivity contribution in [2.75, 3.05) is 5.32 Å². The normalized spacial score (nSPS) is 10.6. The predicted molar refractivity (Wildman–Crippen MR) is 75.7 cm³/mol. The third kappa shape index (κ3) is 2.94. The summed E-state index contributed by atoms with van der Waals surface area (Å²) >= 11 is 2.95. The van der Waals surface area contributed by atoms with Crippen LogP contribution in [-0.4, -0.2) is 15.9 Å². The van der Waals surface area contributed by atoms with Crippen molar-refractivity contribution in [2.24, 2.45) is 0 Å². The predicted octanol–water partition coefficient (Wildman–Crippen LogP) is 3.42. The maximum absolute atomic E-state index is 12.0. The third-order valence-electron chi connectivity index (χ3n) is 2.38. The molecule has 6 heteroatoms. The molecule has 4 nitrogen and oxygen atoms in total. The van der Waals surface area contributed by atoms with Gasteiger partial charge >= 0.3 is 0 Å². The Labute approximate surface area is 114 Å². The average molecular weight is 281 g/mol. The molecule has 0 aliphatic rings. The van der Waals surface area contributed by atoms with Crippen molar-refractivity contribution in [3.63, 3.8) is 0 Å². The highest BCUT2D eigenvalue weighted by molar-refractivity contribution is 7.16. The highest BCUT2D eigenvalue weighted by Crippen LogP contribution is 2.22. The van der Waals surface area contributed by atoms with Crippen molar-refractivity contribution in [3.8, 4) is 0 Å². The van der Waals surface area contributed by atoms with Crippen molar-refractivity contribution in [2.45, 2.75) is 33.6 Å². The number of hydrogen-bond acceptors (Lipinski definition) is 5. The van der Waals surface area contributed by atoms with Crippen molar-refractivity contribution in [1.29, 1.82) is 0 Å². The third-order valence-corrected chi connectivity index (χ3v) is 4.42. The Kier molecular flexibility index (Phi) is 4.08. The molecule has 0 radical (unpaired) electrons. The van der Waals surface area contributed by atoms with Crippen LogP contribution in [0.3, 0.4) is 0 Å². The molecule has 1 N–H and O–H groups in total. The number of aryl methyl sites for hydroxylation is 3. The van der Waals surface area contributed by atoms with E-state index in [2.05, 4.69) is 22.2 Å². The minimum Gasteiger partial charge on any atom is -0.297 e. The summed E-state index contributed by atoms with van der Waals surface area (Å²) in [5.74, 6) is -0.115. The molecule has 18 heavy (non-hydrogen) atoms. The monoisotopic (exact) mass is 281 g/mol. The standard InChI is InChI=1S/C12H15N3OS2/c1-4-5-9-6-13-12(18-9)15-11(16)10-7(2)14-8(3)17-10/h6H,4-5H2,1-3H3,(H,13,15,16). The highest BCUT2D eigenvalue weighted by atomic mass is 32.1. The number of nitrogens with zero attached hydrogens (tertiary/aromatic N) is 2. The smallest absolute Gasteiger partial charge is 0.269 e. The van der Waals surface area contributed by atoms with Gasteiger partial charge in [0.15, 0.2) is 5.13 Å². The van der Waals surface area contributed by atoms with Gasteiger partial charge in [0, 0.05) is 11.1 Å². The Balaban J connectivity index is 2.08. The zero-order valence-corrected chi connectivity index (χ0v) is 12.2. The number of nitrogens with one attached hydrogen (secondary N) is 1. The Morgan fingerprint density at radius 3 is 2.78 bits per heavy atom. The van der Waals surface area contributed by atoms with Gasteiger partial charge < -0.3 is 0 Å². The highest BCUT2D eigenvalue weighted by Gasteiger charge is 2.15. The zero-order valence-electron chi connectivity index (χ0n) is 10.6. The lowest BCUT2D eigenvalue weighted by Crippen LogP contribution is -2.11. The maximum atomic E-state index is 12.0. The van der Waals surface area contributed by atoms with E-state index in [4.69, 9.17) is 0 Å². The number of carbonyl (C=O) groups excluding carboxylic acids is 1. The molecule has 0 fully saturated rings. The first-order chi connectivity index (χ1) is 8.60. The minimum atomic E-state index is -0.115. The number of carbonyl (C=O) groups is 1. The van der Waals surface area contributed by atoms with Crippen LogP contribution in [0.15, 0.2) is 6.20 Å². The number of anilines is 1. The fourth-order valence-electron chi connectivity index (χ4n) is 1.62. The van der Waals surface area contributed by atoms with E-state index in [1.807, 2.05) is 20.0 Å². The first kappa shape index (κ1) is 13.2. The summed E-state index contributed by atoms with van der Waals surface area (Å²) in [4.78, 5) is 22.4. The van der Waals surface area contributed by atoms with Gasteiger partial charge in [-0.25, -0.2) is 9.97 Å². The fraction of sp³-hybridized carbons (Fsp3) is 0.417. The minimum absolute atomic E-state index is 0.115. The lowest BCUT2D eigenvalue weighted by atomic mass is 10.3. The van der Waals surface area contributed by atoms with Crippen LogP contribution in [0.4, 0.5) is 5.13 Å². The van der Waals surface area contributed by atoms with Crippen LogP contribution in [0.2, 0.25) is 0 Å². The molecule has 0 aliphatic heterocycles. The molecule has 1 amide bonds. The molecule has 2 aromatic rings. The molecular weight excluding hydrogens is 266 g/mol. The second-order valence-electron chi connectivity index (χ2n) is 3.98. The molecule has 96 valence electrons. The Bertz CT molecular complexity index is 559. The number of amides is 1. The molecule has 0 atom stereocenters. The maximum Gasteiger partial charge on any atom is 0.269 e. The van der Waals surface area contributed by atoms with E-state index in [9.17, 15) is 4.79 Å². The van der Waals surface area contributed by atoms with E-state index in [-0.39, 0.29) is 5.91 Å². The van der Waals surface area contributed by atoms with Gasteiger partial charge in [0.1, 0.15) is 4.88 Å². The van der Waals surface area contributed by atoms with E-state index < -0.39 is 0 Å². The number of hydrogen-bond donors (Lipinski definition) is 1. The van der Waals surface area contributed by atoms with Gasteiger partial charge in [0.05, 0.1) is 10.7 Å². The molecule has 2 rings (SSSR count). The molecular formula is C12H15N3OS2. The first-order valence-electron chi connectivity index (χ1n) is 5.80. The Hall–Kier alpha value is -1.27. The lowest BCUT2D eigenvalue weighted by molar-refractivity contribution is 0.103. The molecule has 2 aromatic heterocycles. The second kappa shape index (κ2) is 5.58. The van der Waals surface area contributed by atoms with E-state index in [0.29, 0.717) is 10.0 Å². The van der Waals surface area contributed by atoms with Crippen molar-refractivity contribution >= 4 is 33.7 Å². The van der Waals surface area contributed by atoms with Crippen molar-refractivity contribution in [1.82, 2.24) is 9.97 Å². The van der Waals surface area contributed by atoms with Crippen LogP contribution in [0.25, 0.3) is 0 Å². The van der Waals surface area contributed by atoms with Crippen molar-refractivity contribution < 1.29 is 4.79 Å². The molecule has 0 bridgehead atoms. The Morgan fingerprint density at radius 1 is 1.39 bits per heavy atom. The second-order valence-corrected chi connectivity index (χ2v) is 6.30. The van der Waals surface area contributed by atoms with Crippen LogP contribution < -0.4 is 5.32 Å². The zero-order chi connectivity index (χ0) is 13.1. The van der Waals surface area contributed by atoms with Gasteiger partial charge in [-0.05, 0) is 20.3 Å². The van der Waals surface area contributed by atoms with Crippen molar-refractivity contribution in [3.05, 3.63) is 26.7 Å². The van der Waals surface area contributed by atoms with Crippen LogP contribution in [-0.2, 0) is 6.42 Å². The molecule has 0 spiro atoms. The number of aromatic nitrogens is 2. The van der Waals surface area contributed by atoms with E-state index in [0.717, 1.165) is 23.5 Å². The summed E-state index contributed by atoms with van der Waals surface area (Å²) in [6.07, 6.45) is 3.92. The Morgan fingerprint density at radius 2 is 2.17 bits per heavy atom. The molecule has 0 aromatic carbocycles. The topological polar surface area (TPSA) is 54.9 Å². The number of thiazole rings is 2. The molecule has 0 aliphatic carbocycles. The summed E-state index contributed by atoms with van der Waals surface area (Å²) in [5.41, 5.74) is 0.778. The molecule has 0 saturated carbocycles. The fourth-order valence-corrected chi connectivity index (χ4v) is 3.35. The van der Waals surface area contributed by atoms with Gasteiger partial charge in [-0.15, -0.1) is 22.7 Å². The van der Waals surface area contributed by atoms with Crippen LogP contribution >= 0.6 is 22.7 Å². The van der Waals surface area contributed by atoms with Crippen LogP contribution in [0, 0.1) is 13.8 Å². The SMILES string of the molecule is CCCc1cnc(NC(=O)c2sc(C)nc2C)s1. The molecule has 0 unspecified atom stereocenters. The summed E-state index contributed by atoms with van der Waals surface area (Å²) in [6, 6.07) is 0. The number of rotatable bonds is 4. The largest absolute Gasteiger partial charge is 0.297 e. The van der Waals surface area contributed by atoms with Crippen LogP contribution in [0.1, 0.15) is 38.6 Å². The molecule has 2 heterocycles. The van der Waals surface area contributed by atoms with Gasteiger partial charge in [0.2, 0.25) is 0 Å². The van der Waals surface area contributed by atoms with Gasteiger partial charge in [-0.3, -0.25) is 10.1 Å². The van der Waals surface area contributed by atoms with Gasteiger partial charge in [-0.1, -0.05) is 13.3 Å². The summed E-state index contributed by atoms with van der Waals surface area (Å²) in [6.45, 7) is 5.88.